The number of rotatable bonds is 29. The van der Waals surface area contributed by atoms with Crippen LogP contribution in [0.3, 0.4) is 0 Å². The molecular weight excluding hydrogens is 676 g/mol. The van der Waals surface area contributed by atoms with E-state index in [9.17, 15) is 30.0 Å². The summed E-state index contributed by atoms with van der Waals surface area (Å²) in [7, 11) is 0. The Morgan fingerprint density at radius 2 is 1.08 bits per heavy atom. The van der Waals surface area contributed by atoms with Crippen LogP contribution >= 0.6 is 0 Å². The maximum atomic E-state index is 12.7. The van der Waals surface area contributed by atoms with Gasteiger partial charge in [-0.1, -0.05) is 111 Å². The molecule has 1 fully saturated rings. The number of aliphatic hydroxyl groups is 4. The number of esters is 2. The molecule has 6 atom stereocenters. The number of ether oxygens (including phenoxy) is 4. The summed E-state index contributed by atoms with van der Waals surface area (Å²) in [6.07, 6.45) is 35.8. The van der Waals surface area contributed by atoms with E-state index in [2.05, 4.69) is 98.9 Å². The van der Waals surface area contributed by atoms with Crippen LogP contribution in [-0.4, -0.2) is 89.0 Å². The van der Waals surface area contributed by atoms with Crippen LogP contribution in [0.25, 0.3) is 0 Å². The van der Waals surface area contributed by atoms with Gasteiger partial charge in [0.25, 0.3) is 0 Å². The van der Waals surface area contributed by atoms with Gasteiger partial charge < -0.3 is 39.4 Å². The van der Waals surface area contributed by atoms with Crippen molar-refractivity contribution in [2.75, 3.05) is 19.8 Å². The zero-order valence-electron chi connectivity index (χ0n) is 32.0. The van der Waals surface area contributed by atoms with Gasteiger partial charge in [-0.25, -0.2) is 0 Å². The third-order valence-corrected chi connectivity index (χ3v) is 7.98. The number of allylic oxidation sites excluding steroid dienone is 16. The number of aliphatic hydroxyl groups excluding tert-OH is 4. The quantitative estimate of drug-likeness (QED) is 0.0352. The lowest BCUT2D eigenvalue weighted by molar-refractivity contribution is -0.305. The van der Waals surface area contributed by atoms with E-state index in [0.717, 1.165) is 64.2 Å². The molecule has 0 spiro atoms. The minimum atomic E-state index is -1.62. The monoisotopic (exact) mass is 742 g/mol. The maximum absolute atomic E-state index is 12.7. The van der Waals surface area contributed by atoms with Gasteiger partial charge in [-0.05, 0) is 77.0 Å². The summed E-state index contributed by atoms with van der Waals surface area (Å²) in [5.74, 6) is -0.965. The molecule has 0 amide bonds. The molecule has 0 aromatic heterocycles. The summed E-state index contributed by atoms with van der Waals surface area (Å²) >= 11 is 0. The van der Waals surface area contributed by atoms with Crippen LogP contribution < -0.4 is 0 Å². The highest BCUT2D eigenvalue weighted by Crippen LogP contribution is 2.22. The van der Waals surface area contributed by atoms with Crippen LogP contribution in [0.2, 0.25) is 0 Å². The number of unbranched alkanes of at least 4 members (excludes halogenated alkanes) is 2. The number of hydrogen-bond acceptors (Lipinski definition) is 10. The molecule has 0 radical (unpaired) electrons. The van der Waals surface area contributed by atoms with Crippen LogP contribution in [0.4, 0.5) is 0 Å². The van der Waals surface area contributed by atoms with Crippen molar-refractivity contribution in [1.82, 2.24) is 0 Å². The highest BCUT2D eigenvalue weighted by atomic mass is 16.7. The minimum absolute atomic E-state index is 0.139. The summed E-state index contributed by atoms with van der Waals surface area (Å²) in [6.45, 7) is 3.03. The van der Waals surface area contributed by atoms with Gasteiger partial charge in [-0.2, -0.15) is 0 Å². The molecule has 10 nitrogen and oxygen atoms in total. The van der Waals surface area contributed by atoms with E-state index < -0.39 is 55.4 Å². The van der Waals surface area contributed by atoms with Crippen LogP contribution in [0.1, 0.15) is 104 Å². The molecule has 10 heteroatoms. The van der Waals surface area contributed by atoms with Crippen molar-refractivity contribution < 1.29 is 49.0 Å². The Hall–Kier alpha value is -3.38. The SMILES string of the molecule is CC/C=C\C/C=C\C/C=C\C/C=C\CCCCC(=O)OC(COC(=O)CC/C=C\C/C=C\C/C=C\C/C=C\CC)COC1OC(CO)C(O)C(O)C1O. The summed E-state index contributed by atoms with van der Waals surface area (Å²) in [5.41, 5.74) is 0. The Kier molecular flexibility index (Phi) is 29.9. The third-order valence-electron chi connectivity index (χ3n) is 7.98. The molecule has 4 N–H and O–H groups in total. The van der Waals surface area contributed by atoms with Crippen LogP contribution in [0.15, 0.2) is 97.2 Å². The zero-order valence-corrected chi connectivity index (χ0v) is 32.0. The van der Waals surface area contributed by atoms with Crippen molar-refractivity contribution in [2.45, 2.75) is 141 Å². The normalized spacial score (nSPS) is 22.0. The van der Waals surface area contributed by atoms with Gasteiger partial charge in [0.15, 0.2) is 12.4 Å². The predicted molar refractivity (Wildman–Crippen MR) is 210 cm³/mol. The lowest BCUT2D eigenvalue weighted by Crippen LogP contribution is -2.59. The molecule has 1 saturated heterocycles. The molecule has 0 saturated carbocycles. The van der Waals surface area contributed by atoms with Crippen molar-refractivity contribution in [1.29, 1.82) is 0 Å². The predicted octanol–water partition coefficient (Wildman–Crippen LogP) is 7.21. The van der Waals surface area contributed by atoms with Gasteiger partial charge in [0.2, 0.25) is 0 Å². The molecule has 0 aliphatic carbocycles. The van der Waals surface area contributed by atoms with Gasteiger partial charge in [0.1, 0.15) is 31.0 Å². The first kappa shape index (κ1) is 47.6. The van der Waals surface area contributed by atoms with E-state index >= 15 is 0 Å². The number of hydrogen-bond donors (Lipinski definition) is 4. The zero-order chi connectivity index (χ0) is 38.8. The molecule has 1 aliphatic rings. The van der Waals surface area contributed by atoms with Crippen LogP contribution in [-0.2, 0) is 28.5 Å². The Morgan fingerprint density at radius 3 is 1.58 bits per heavy atom. The molecular formula is C43H66O10. The first-order valence-corrected chi connectivity index (χ1v) is 19.3. The minimum Gasteiger partial charge on any atom is -0.462 e. The number of carbonyl (C=O) groups is 2. The molecule has 1 aliphatic heterocycles. The van der Waals surface area contributed by atoms with Crippen molar-refractivity contribution in [2.24, 2.45) is 0 Å². The fourth-order valence-electron chi connectivity index (χ4n) is 4.95. The van der Waals surface area contributed by atoms with Gasteiger partial charge in [-0.15, -0.1) is 0 Å². The average Bonchev–Trinajstić information content (AvgIpc) is 3.15. The topological polar surface area (TPSA) is 152 Å². The first-order chi connectivity index (χ1) is 25.8. The molecule has 0 bridgehead atoms. The van der Waals surface area contributed by atoms with Crippen molar-refractivity contribution in [3.05, 3.63) is 97.2 Å². The van der Waals surface area contributed by atoms with E-state index in [0.29, 0.717) is 12.8 Å². The van der Waals surface area contributed by atoms with Crippen molar-refractivity contribution >= 4 is 11.9 Å². The summed E-state index contributed by atoms with van der Waals surface area (Å²) in [4.78, 5) is 25.1. The second-order valence-corrected chi connectivity index (χ2v) is 12.6. The first-order valence-electron chi connectivity index (χ1n) is 19.3. The Bertz CT molecular complexity index is 1180. The van der Waals surface area contributed by atoms with E-state index in [-0.39, 0.29) is 26.1 Å². The fraction of sp³-hybridized carbons (Fsp3) is 0.581. The highest BCUT2D eigenvalue weighted by molar-refractivity contribution is 5.70. The molecule has 1 heterocycles. The Morgan fingerprint density at radius 1 is 0.585 bits per heavy atom. The molecule has 6 unspecified atom stereocenters. The van der Waals surface area contributed by atoms with Gasteiger partial charge in [0, 0.05) is 12.8 Å². The summed E-state index contributed by atoms with van der Waals surface area (Å²) < 4.78 is 21.9. The standard InChI is InChI=1S/C43H66O10/c1-3-5-7-9-11-13-15-17-18-20-22-24-26-28-30-32-39(46)52-36(35-51-43-42(49)41(48)40(47)37(33-44)53-43)34-50-38(45)31-29-27-25-23-21-19-16-14-12-10-8-6-4-2/h5-8,11-14,17-19,21-22,24-25,27,36-37,40-44,47-49H,3-4,9-10,15-16,20,23,26,28-35H2,1-2H3/b7-5-,8-6-,13-11-,14-12-,18-17-,21-19-,24-22-,27-25-. The molecule has 0 aromatic rings. The summed E-state index contributed by atoms with van der Waals surface area (Å²) in [5, 5.41) is 39.9. The average molecular weight is 743 g/mol. The largest absolute Gasteiger partial charge is 0.462 e. The Balaban J connectivity index is 2.50. The lowest BCUT2D eigenvalue weighted by Gasteiger charge is -2.39. The van der Waals surface area contributed by atoms with Gasteiger partial charge in [0.05, 0.1) is 13.2 Å². The smallest absolute Gasteiger partial charge is 0.306 e. The number of carbonyl (C=O) groups excluding carboxylic acids is 2. The van der Waals surface area contributed by atoms with E-state index in [1.54, 1.807) is 0 Å². The van der Waals surface area contributed by atoms with Crippen LogP contribution in [0, 0.1) is 0 Å². The Labute approximate surface area is 317 Å². The third kappa shape index (κ3) is 25.3. The molecule has 53 heavy (non-hydrogen) atoms. The van der Waals surface area contributed by atoms with Crippen molar-refractivity contribution in [3.63, 3.8) is 0 Å². The van der Waals surface area contributed by atoms with Crippen molar-refractivity contribution in [3.8, 4) is 0 Å². The second-order valence-electron chi connectivity index (χ2n) is 12.6. The summed E-state index contributed by atoms with van der Waals surface area (Å²) in [6, 6.07) is 0. The highest BCUT2D eigenvalue weighted by Gasteiger charge is 2.44. The van der Waals surface area contributed by atoms with Gasteiger partial charge in [-0.3, -0.25) is 9.59 Å². The maximum Gasteiger partial charge on any atom is 0.306 e. The van der Waals surface area contributed by atoms with Gasteiger partial charge >= 0.3 is 11.9 Å². The second kappa shape index (κ2) is 33.2. The van der Waals surface area contributed by atoms with E-state index in [1.807, 2.05) is 12.2 Å². The van der Waals surface area contributed by atoms with Crippen LogP contribution in [0.5, 0.6) is 0 Å². The van der Waals surface area contributed by atoms with E-state index in [4.69, 9.17) is 18.9 Å². The molecule has 1 rings (SSSR count). The molecule has 298 valence electrons. The lowest BCUT2D eigenvalue weighted by atomic mass is 9.99. The van der Waals surface area contributed by atoms with E-state index in [1.165, 1.54) is 0 Å². The fourth-order valence-corrected chi connectivity index (χ4v) is 4.95. The molecule has 0 aromatic carbocycles.